The molecule has 0 aliphatic heterocycles. The Morgan fingerprint density at radius 3 is 2.80 bits per heavy atom. The van der Waals surface area contributed by atoms with Gasteiger partial charge < -0.3 is 4.74 Å². The van der Waals surface area contributed by atoms with E-state index in [1.54, 1.807) is 0 Å². The first-order valence-corrected chi connectivity index (χ1v) is 4.14. The van der Waals surface area contributed by atoms with E-state index in [1.165, 1.54) is 5.57 Å². The average molecular weight is 163 g/mol. The fourth-order valence-corrected chi connectivity index (χ4v) is 0.593. The van der Waals surface area contributed by atoms with Gasteiger partial charge in [-0.2, -0.15) is 0 Å². The molecule has 0 saturated carbocycles. The maximum atomic E-state index is 5.41. The van der Waals surface area contributed by atoms with E-state index < -0.39 is 0 Å². The summed E-state index contributed by atoms with van der Waals surface area (Å²) in [5.41, 5.74) is 1.37. The zero-order chi connectivity index (χ0) is 7.82. The van der Waals surface area contributed by atoms with Crippen LogP contribution in [0.3, 0.4) is 0 Å². The summed E-state index contributed by atoms with van der Waals surface area (Å²) in [5.74, 6) is 0.582. The van der Waals surface area contributed by atoms with Crippen LogP contribution in [-0.2, 0) is 4.74 Å². The molecule has 0 spiro atoms. The van der Waals surface area contributed by atoms with Crippen LogP contribution in [0.1, 0.15) is 20.3 Å². The van der Waals surface area contributed by atoms with Crippen molar-refractivity contribution in [3.63, 3.8) is 0 Å². The molecule has 0 aliphatic rings. The highest BCUT2D eigenvalue weighted by atomic mass is 35.5. The summed E-state index contributed by atoms with van der Waals surface area (Å²) >= 11 is 5.41. The Hall–Kier alpha value is -0.0100. The third kappa shape index (κ3) is 6.12. The second kappa shape index (κ2) is 7.10. The Kier molecular flexibility index (Phi) is 7.09. The van der Waals surface area contributed by atoms with E-state index in [-0.39, 0.29) is 0 Å². The predicted molar refractivity (Wildman–Crippen MR) is 45.6 cm³/mol. The van der Waals surface area contributed by atoms with Crippen LogP contribution >= 0.6 is 11.6 Å². The van der Waals surface area contributed by atoms with Gasteiger partial charge >= 0.3 is 0 Å². The average Bonchev–Trinajstić information content (AvgIpc) is 1.98. The predicted octanol–water partition coefficient (Wildman–Crippen LogP) is 2.60. The number of allylic oxidation sites excluding steroid dienone is 1. The van der Waals surface area contributed by atoms with Crippen molar-refractivity contribution in [3.8, 4) is 0 Å². The minimum atomic E-state index is 0.582. The second-order valence-electron chi connectivity index (χ2n) is 2.17. The maximum Gasteiger partial charge on any atom is 0.0650 e. The van der Waals surface area contributed by atoms with Crippen molar-refractivity contribution in [2.45, 2.75) is 20.3 Å². The molecule has 0 saturated heterocycles. The molecule has 2 heteroatoms. The molecule has 0 unspecified atom stereocenters. The largest absolute Gasteiger partial charge is 0.376 e. The van der Waals surface area contributed by atoms with Crippen LogP contribution in [0, 0.1) is 0 Å². The van der Waals surface area contributed by atoms with Gasteiger partial charge in [0, 0.05) is 5.88 Å². The first-order chi connectivity index (χ1) is 4.81. The Balaban J connectivity index is 3.16. The molecule has 0 rings (SSSR count). The van der Waals surface area contributed by atoms with Crippen molar-refractivity contribution >= 4 is 11.6 Å². The van der Waals surface area contributed by atoms with Gasteiger partial charge in [0.2, 0.25) is 0 Å². The van der Waals surface area contributed by atoms with Crippen molar-refractivity contribution in [2.24, 2.45) is 0 Å². The van der Waals surface area contributed by atoms with Crippen LogP contribution in [0.2, 0.25) is 0 Å². The standard InChI is InChI=1S/C8H15ClO/c1-3-8(2)4-6-10-7-5-9/h4H,3,5-7H2,1-2H3/b8-4-. The van der Waals surface area contributed by atoms with Crippen LogP contribution < -0.4 is 0 Å². The van der Waals surface area contributed by atoms with E-state index in [4.69, 9.17) is 16.3 Å². The van der Waals surface area contributed by atoms with Crippen LogP contribution in [0.15, 0.2) is 11.6 Å². The van der Waals surface area contributed by atoms with Crippen molar-refractivity contribution in [1.29, 1.82) is 0 Å². The highest BCUT2D eigenvalue weighted by Gasteiger charge is 1.84. The molecule has 0 aromatic rings. The van der Waals surface area contributed by atoms with E-state index in [1.807, 2.05) is 0 Å². The first-order valence-electron chi connectivity index (χ1n) is 3.60. The topological polar surface area (TPSA) is 9.23 Å². The van der Waals surface area contributed by atoms with Gasteiger partial charge in [0.1, 0.15) is 0 Å². The zero-order valence-corrected chi connectivity index (χ0v) is 7.45. The maximum absolute atomic E-state index is 5.41. The molecule has 0 radical (unpaired) electrons. The van der Waals surface area contributed by atoms with Gasteiger partial charge in [-0.15, -0.1) is 11.6 Å². The second-order valence-corrected chi connectivity index (χ2v) is 2.55. The summed E-state index contributed by atoms with van der Waals surface area (Å²) in [7, 11) is 0. The van der Waals surface area contributed by atoms with Crippen molar-refractivity contribution in [2.75, 3.05) is 19.1 Å². The Morgan fingerprint density at radius 1 is 1.60 bits per heavy atom. The summed E-state index contributed by atoms with van der Waals surface area (Å²) in [6.07, 6.45) is 3.19. The molecular formula is C8H15ClO. The molecule has 0 bridgehead atoms. The minimum absolute atomic E-state index is 0.582. The van der Waals surface area contributed by atoms with Gasteiger partial charge in [-0.05, 0) is 13.3 Å². The van der Waals surface area contributed by atoms with E-state index in [9.17, 15) is 0 Å². The van der Waals surface area contributed by atoms with E-state index in [0.29, 0.717) is 19.1 Å². The van der Waals surface area contributed by atoms with E-state index >= 15 is 0 Å². The highest BCUT2D eigenvalue weighted by molar-refractivity contribution is 6.17. The number of hydrogen-bond donors (Lipinski definition) is 0. The summed E-state index contributed by atoms with van der Waals surface area (Å²) in [4.78, 5) is 0. The van der Waals surface area contributed by atoms with Gasteiger partial charge in [0.15, 0.2) is 0 Å². The number of rotatable bonds is 5. The molecule has 60 valence electrons. The molecule has 0 heterocycles. The highest BCUT2D eigenvalue weighted by Crippen LogP contribution is 1.96. The number of hydrogen-bond acceptors (Lipinski definition) is 1. The van der Waals surface area contributed by atoms with Crippen LogP contribution in [0.25, 0.3) is 0 Å². The number of alkyl halides is 1. The van der Waals surface area contributed by atoms with Crippen LogP contribution in [0.4, 0.5) is 0 Å². The molecule has 0 fully saturated rings. The lowest BCUT2D eigenvalue weighted by molar-refractivity contribution is 0.179. The molecular weight excluding hydrogens is 148 g/mol. The summed E-state index contributed by atoms with van der Waals surface area (Å²) in [5, 5.41) is 0. The van der Waals surface area contributed by atoms with Crippen molar-refractivity contribution in [3.05, 3.63) is 11.6 Å². The molecule has 0 N–H and O–H groups in total. The summed E-state index contributed by atoms with van der Waals surface area (Å²) in [6, 6.07) is 0. The minimum Gasteiger partial charge on any atom is -0.376 e. The molecule has 0 atom stereocenters. The fourth-order valence-electron chi connectivity index (χ4n) is 0.483. The summed E-state index contributed by atoms with van der Waals surface area (Å²) in [6.45, 7) is 5.58. The lowest BCUT2D eigenvalue weighted by Gasteiger charge is -1.97. The van der Waals surface area contributed by atoms with Gasteiger partial charge in [-0.1, -0.05) is 18.6 Å². The van der Waals surface area contributed by atoms with Crippen LogP contribution in [-0.4, -0.2) is 19.1 Å². The smallest absolute Gasteiger partial charge is 0.0650 e. The summed E-state index contributed by atoms with van der Waals surface area (Å²) < 4.78 is 5.15. The normalized spacial score (nSPS) is 12.1. The first kappa shape index (κ1) is 9.99. The lowest BCUT2D eigenvalue weighted by atomic mass is 10.2. The molecule has 10 heavy (non-hydrogen) atoms. The SMILES string of the molecule is CC/C(C)=C\COCCCl. The van der Waals surface area contributed by atoms with Crippen LogP contribution in [0.5, 0.6) is 0 Å². The Morgan fingerprint density at radius 2 is 2.30 bits per heavy atom. The molecule has 0 amide bonds. The number of halogens is 1. The number of ether oxygens (including phenoxy) is 1. The fraction of sp³-hybridized carbons (Fsp3) is 0.750. The third-order valence-corrected chi connectivity index (χ3v) is 1.48. The molecule has 1 nitrogen and oxygen atoms in total. The molecule has 0 aromatic carbocycles. The van der Waals surface area contributed by atoms with Crippen molar-refractivity contribution in [1.82, 2.24) is 0 Å². The third-order valence-electron chi connectivity index (χ3n) is 1.33. The van der Waals surface area contributed by atoms with E-state index in [0.717, 1.165) is 6.42 Å². The van der Waals surface area contributed by atoms with Gasteiger partial charge in [-0.3, -0.25) is 0 Å². The van der Waals surface area contributed by atoms with Gasteiger partial charge in [-0.25, -0.2) is 0 Å². The quantitative estimate of drug-likeness (QED) is 0.343. The monoisotopic (exact) mass is 162 g/mol. The molecule has 0 aromatic heterocycles. The zero-order valence-electron chi connectivity index (χ0n) is 6.69. The van der Waals surface area contributed by atoms with Gasteiger partial charge in [0.25, 0.3) is 0 Å². The molecule has 0 aliphatic carbocycles. The van der Waals surface area contributed by atoms with E-state index in [2.05, 4.69) is 19.9 Å². The lowest BCUT2D eigenvalue weighted by Crippen LogP contribution is -1.95. The van der Waals surface area contributed by atoms with Crippen molar-refractivity contribution < 1.29 is 4.74 Å². The Labute approximate surface area is 68.0 Å². The Bertz CT molecular complexity index is 99.4. The van der Waals surface area contributed by atoms with Gasteiger partial charge in [0.05, 0.1) is 13.2 Å².